The van der Waals surface area contributed by atoms with Gasteiger partial charge in [-0.2, -0.15) is 0 Å². The fraction of sp³-hybridized carbons (Fsp3) is 0.176. The molecule has 0 unspecified atom stereocenters. The van der Waals surface area contributed by atoms with Gasteiger partial charge in [0.1, 0.15) is 11.5 Å². The van der Waals surface area contributed by atoms with Gasteiger partial charge in [0.05, 0.1) is 0 Å². The Morgan fingerprint density at radius 1 is 0.900 bits per heavy atom. The maximum atomic E-state index is 5.72. The van der Waals surface area contributed by atoms with Crippen LogP contribution in [0.2, 0.25) is 0 Å². The van der Waals surface area contributed by atoms with Gasteiger partial charge < -0.3 is 9.31 Å². The van der Waals surface area contributed by atoms with Crippen molar-refractivity contribution >= 4 is 7.12 Å². The minimum Gasteiger partial charge on any atom is -0.520 e. The van der Waals surface area contributed by atoms with Crippen LogP contribution in [-0.2, 0) is 0 Å². The zero-order valence-corrected chi connectivity index (χ0v) is 11.1. The van der Waals surface area contributed by atoms with Crippen LogP contribution < -0.4 is 9.31 Å². The number of fused-ring (bicyclic) bond motifs is 1. The summed E-state index contributed by atoms with van der Waals surface area (Å²) in [6.07, 6.45) is 3.45. The smallest absolute Gasteiger partial charge is 0.520 e. The lowest BCUT2D eigenvalue weighted by Crippen LogP contribution is -2.21. The van der Waals surface area contributed by atoms with Gasteiger partial charge >= 0.3 is 7.12 Å². The molecular formula is C17H15BO2. The first-order chi connectivity index (χ1) is 9.90. The summed E-state index contributed by atoms with van der Waals surface area (Å²) in [5.74, 6) is 4.98. The molecule has 0 radical (unpaired) electrons. The molecule has 0 bridgehead atoms. The molecule has 1 aliphatic heterocycles. The minimum absolute atomic E-state index is 0.274. The Balaban J connectivity index is 1.38. The van der Waals surface area contributed by atoms with Gasteiger partial charge in [-0.25, -0.2) is 0 Å². The van der Waals surface area contributed by atoms with Gasteiger partial charge in [-0.1, -0.05) is 48.5 Å². The van der Waals surface area contributed by atoms with Crippen LogP contribution in [0.15, 0.2) is 66.6 Å². The van der Waals surface area contributed by atoms with Crippen LogP contribution >= 0.6 is 0 Å². The van der Waals surface area contributed by atoms with E-state index in [0.717, 1.165) is 11.5 Å². The van der Waals surface area contributed by atoms with Gasteiger partial charge in [-0.3, -0.25) is 0 Å². The molecule has 3 heteroatoms. The third-order valence-electron chi connectivity index (χ3n) is 3.92. The summed E-state index contributed by atoms with van der Waals surface area (Å²) in [5.41, 5.74) is 1.43. The highest BCUT2D eigenvalue weighted by Crippen LogP contribution is 2.48. The van der Waals surface area contributed by atoms with E-state index in [1.165, 1.54) is 12.0 Å². The number of hydrogen-bond donors (Lipinski definition) is 0. The summed E-state index contributed by atoms with van der Waals surface area (Å²) in [4.78, 5) is 0. The van der Waals surface area contributed by atoms with E-state index in [0.29, 0.717) is 11.8 Å². The van der Waals surface area contributed by atoms with Crippen molar-refractivity contribution in [2.45, 2.75) is 12.3 Å². The Hall–Kier alpha value is -2.16. The lowest BCUT2D eigenvalue weighted by Gasteiger charge is -1.98. The second-order valence-electron chi connectivity index (χ2n) is 5.35. The zero-order chi connectivity index (χ0) is 13.4. The molecule has 4 rings (SSSR count). The summed E-state index contributed by atoms with van der Waals surface area (Å²) < 4.78 is 11.4. The average molecular weight is 262 g/mol. The molecule has 0 N–H and O–H groups in total. The molecule has 98 valence electrons. The summed E-state index contributed by atoms with van der Waals surface area (Å²) in [6, 6.07) is 18.5. The maximum Gasteiger partial charge on any atom is 0.624 e. The Kier molecular flexibility index (Phi) is 2.77. The number of rotatable bonds is 3. The SMILES string of the molecule is C(=C\[C@@H]1C[C@H]1c1ccccc1)/B1Oc2ccccc2O1. The number of para-hydroxylation sites is 2. The molecular weight excluding hydrogens is 247 g/mol. The van der Waals surface area contributed by atoms with Crippen molar-refractivity contribution in [3.8, 4) is 11.5 Å². The van der Waals surface area contributed by atoms with Gasteiger partial charge in [0.2, 0.25) is 0 Å². The van der Waals surface area contributed by atoms with Crippen molar-refractivity contribution in [1.29, 1.82) is 0 Å². The first-order valence-electron chi connectivity index (χ1n) is 7.06. The Morgan fingerprint density at radius 3 is 2.25 bits per heavy atom. The van der Waals surface area contributed by atoms with Crippen LogP contribution in [0.4, 0.5) is 0 Å². The van der Waals surface area contributed by atoms with Crippen molar-refractivity contribution in [3.05, 3.63) is 72.2 Å². The van der Waals surface area contributed by atoms with E-state index in [2.05, 4.69) is 36.4 Å². The highest BCUT2D eigenvalue weighted by molar-refractivity contribution is 6.53. The third kappa shape index (κ3) is 2.20. The van der Waals surface area contributed by atoms with E-state index in [1.54, 1.807) is 0 Å². The molecule has 20 heavy (non-hydrogen) atoms. The Morgan fingerprint density at radius 2 is 1.55 bits per heavy atom. The number of allylic oxidation sites excluding steroid dienone is 1. The Bertz CT molecular complexity index is 613. The third-order valence-corrected chi connectivity index (χ3v) is 3.92. The second kappa shape index (κ2) is 4.75. The maximum absolute atomic E-state index is 5.72. The average Bonchev–Trinajstić information content (AvgIpc) is 3.16. The molecule has 2 atom stereocenters. The highest BCUT2D eigenvalue weighted by Gasteiger charge is 2.37. The van der Waals surface area contributed by atoms with Crippen molar-refractivity contribution in [2.24, 2.45) is 5.92 Å². The van der Waals surface area contributed by atoms with Crippen molar-refractivity contribution in [1.82, 2.24) is 0 Å². The van der Waals surface area contributed by atoms with Gasteiger partial charge in [-0.15, -0.1) is 0 Å². The topological polar surface area (TPSA) is 18.5 Å². The molecule has 2 aromatic rings. The molecule has 0 aromatic heterocycles. The van der Waals surface area contributed by atoms with Crippen LogP contribution in [0.5, 0.6) is 11.5 Å². The van der Waals surface area contributed by atoms with E-state index < -0.39 is 0 Å². The second-order valence-corrected chi connectivity index (χ2v) is 5.35. The van der Waals surface area contributed by atoms with Crippen molar-refractivity contribution in [2.75, 3.05) is 0 Å². The fourth-order valence-electron chi connectivity index (χ4n) is 2.74. The van der Waals surface area contributed by atoms with Crippen LogP contribution in [-0.4, -0.2) is 7.12 Å². The number of benzene rings is 2. The van der Waals surface area contributed by atoms with E-state index in [1.807, 2.05) is 30.2 Å². The summed E-state index contributed by atoms with van der Waals surface area (Å²) >= 11 is 0. The van der Waals surface area contributed by atoms with Gasteiger partial charge in [0, 0.05) is 0 Å². The summed E-state index contributed by atoms with van der Waals surface area (Å²) in [6.45, 7) is 0. The molecule has 1 heterocycles. The molecule has 2 aromatic carbocycles. The first-order valence-corrected chi connectivity index (χ1v) is 7.06. The fourth-order valence-corrected chi connectivity index (χ4v) is 2.74. The molecule has 2 aliphatic rings. The van der Waals surface area contributed by atoms with E-state index in [9.17, 15) is 0 Å². The lowest BCUT2D eigenvalue weighted by molar-refractivity contribution is 0.517. The van der Waals surface area contributed by atoms with Crippen LogP contribution in [0.1, 0.15) is 17.9 Å². The van der Waals surface area contributed by atoms with Crippen LogP contribution in [0.3, 0.4) is 0 Å². The number of hydrogen-bond acceptors (Lipinski definition) is 2. The van der Waals surface area contributed by atoms with Gasteiger partial charge in [-0.05, 0) is 41.9 Å². The van der Waals surface area contributed by atoms with Crippen molar-refractivity contribution in [3.63, 3.8) is 0 Å². The monoisotopic (exact) mass is 262 g/mol. The van der Waals surface area contributed by atoms with E-state index in [4.69, 9.17) is 9.31 Å². The van der Waals surface area contributed by atoms with E-state index >= 15 is 0 Å². The first kappa shape index (κ1) is 11.7. The molecule has 2 nitrogen and oxygen atoms in total. The molecule has 0 amide bonds. The largest absolute Gasteiger partial charge is 0.624 e. The molecule has 1 aliphatic carbocycles. The van der Waals surface area contributed by atoms with Crippen molar-refractivity contribution < 1.29 is 9.31 Å². The quantitative estimate of drug-likeness (QED) is 0.782. The lowest BCUT2D eigenvalue weighted by atomic mass is 9.89. The summed E-state index contributed by atoms with van der Waals surface area (Å²) in [5, 5.41) is 0. The normalized spacial score (nSPS) is 23.3. The summed E-state index contributed by atoms with van der Waals surface area (Å²) in [7, 11) is -0.274. The molecule has 0 spiro atoms. The molecule has 1 saturated carbocycles. The minimum atomic E-state index is -0.274. The molecule has 0 saturated heterocycles. The van der Waals surface area contributed by atoms with E-state index in [-0.39, 0.29) is 7.12 Å². The van der Waals surface area contributed by atoms with Crippen LogP contribution in [0, 0.1) is 5.92 Å². The predicted molar refractivity (Wildman–Crippen MR) is 79.9 cm³/mol. The highest BCUT2D eigenvalue weighted by atomic mass is 16.6. The standard InChI is InChI=1S/C17H15BO2/c1-2-6-13(7-3-1)15-12-14(15)10-11-18-19-16-8-4-5-9-17(16)20-18/h1-11,14-15H,12H2/b11-10+/t14-,15+/m1/s1. The predicted octanol–water partition coefficient (Wildman–Crippen LogP) is 3.85. The zero-order valence-electron chi connectivity index (χ0n) is 11.1. The molecule has 1 fully saturated rings. The van der Waals surface area contributed by atoms with Gasteiger partial charge in [0.15, 0.2) is 0 Å². The Labute approximate surface area is 119 Å². The van der Waals surface area contributed by atoms with Gasteiger partial charge in [0.25, 0.3) is 0 Å². The van der Waals surface area contributed by atoms with Crippen LogP contribution in [0.25, 0.3) is 0 Å².